The zero-order valence-electron chi connectivity index (χ0n) is 15.5. The molecule has 1 unspecified atom stereocenters. The van der Waals surface area contributed by atoms with E-state index in [0.717, 1.165) is 19.3 Å². The van der Waals surface area contributed by atoms with Crippen molar-refractivity contribution >= 4 is 45.0 Å². The van der Waals surface area contributed by atoms with E-state index in [1.807, 2.05) is 0 Å². The van der Waals surface area contributed by atoms with Gasteiger partial charge in [0.25, 0.3) is 0 Å². The lowest BCUT2D eigenvalue weighted by molar-refractivity contribution is -0.115. The Hall–Kier alpha value is -1.61. The van der Waals surface area contributed by atoms with Gasteiger partial charge in [-0.2, -0.15) is 4.31 Å². The Morgan fingerprint density at radius 3 is 2.50 bits per heavy atom. The first-order valence-electron chi connectivity index (χ1n) is 9.06. The van der Waals surface area contributed by atoms with E-state index in [2.05, 4.69) is 10.3 Å². The summed E-state index contributed by atoms with van der Waals surface area (Å²) in [4.78, 5) is 16.8. The molecule has 2 aromatic rings. The second-order valence-electron chi connectivity index (χ2n) is 6.53. The Balaban J connectivity index is 1.63. The summed E-state index contributed by atoms with van der Waals surface area (Å²) >= 11 is 7.35. The number of amides is 1. The molecule has 0 aliphatic carbocycles. The fourth-order valence-electron chi connectivity index (χ4n) is 2.89. The molecule has 1 atom stereocenters. The number of anilines is 1. The van der Waals surface area contributed by atoms with Gasteiger partial charge in [-0.05, 0) is 56.2 Å². The molecule has 6 nitrogen and oxygen atoms in total. The summed E-state index contributed by atoms with van der Waals surface area (Å²) in [5.41, 5.74) is 0.544. The van der Waals surface area contributed by atoms with Crippen LogP contribution in [0.4, 0.5) is 5.69 Å². The highest BCUT2D eigenvalue weighted by Gasteiger charge is 2.26. The van der Waals surface area contributed by atoms with Crippen molar-refractivity contribution in [2.24, 2.45) is 0 Å². The van der Waals surface area contributed by atoms with E-state index >= 15 is 0 Å². The van der Waals surface area contributed by atoms with Crippen LogP contribution in [0.25, 0.3) is 0 Å². The fourth-order valence-corrected chi connectivity index (χ4v) is 5.46. The highest BCUT2D eigenvalue weighted by molar-refractivity contribution is 8.00. The Kier molecular flexibility index (Phi) is 6.98. The number of hydrogen-bond acceptors (Lipinski definition) is 5. The van der Waals surface area contributed by atoms with Gasteiger partial charge in [0.05, 0.1) is 15.2 Å². The van der Waals surface area contributed by atoms with Crippen molar-refractivity contribution in [3.05, 3.63) is 47.6 Å². The number of halogens is 1. The van der Waals surface area contributed by atoms with Gasteiger partial charge in [-0.3, -0.25) is 4.79 Å². The number of aromatic nitrogens is 1. The van der Waals surface area contributed by atoms with Crippen LogP contribution in [0.5, 0.6) is 0 Å². The molecule has 28 heavy (non-hydrogen) atoms. The lowest BCUT2D eigenvalue weighted by Gasteiger charge is -2.25. The summed E-state index contributed by atoms with van der Waals surface area (Å²) in [6, 6.07) is 9.75. The number of carbonyl (C=O) groups is 1. The molecule has 0 saturated carbocycles. The van der Waals surface area contributed by atoms with Crippen molar-refractivity contribution < 1.29 is 13.2 Å². The number of carbonyl (C=O) groups excluding carboxylic acids is 1. The predicted octanol–water partition coefficient (Wildman–Crippen LogP) is 4.03. The first kappa shape index (κ1) is 21.1. The van der Waals surface area contributed by atoms with Crippen LogP contribution in [-0.4, -0.2) is 42.0 Å². The average Bonchev–Trinajstić information content (AvgIpc) is 2.70. The van der Waals surface area contributed by atoms with Crippen LogP contribution >= 0.6 is 23.4 Å². The van der Waals surface area contributed by atoms with Crippen LogP contribution in [0, 0.1) is 0 Å². The van der Waals surface area contributed by atoms with Gasteiger partial charge in [0.2, 0.25) is 15.9 Å². The molecule has 0 bridgehead atoms. The molecule has 3 rings (SSSR count). The van der Waals surface area contributed by atoms with Gasteiger partial charge in [-0.15, -0.1) is 0 Å². The van der Waals surface area contributed by atoms with Crippen LogP contribution < -0.4 is 5.32 Å². The van der Waals surface area contributed by atoms with E-state index in [9.17, 15) is 13.2 Å². The molecule has 0 radical (unpaired) electrons. The number of nitrogens with zero attached hydrogens (tertiary/aromatic N) is 2. The summed E-state index contributed by atoms with van der Waals surface area (Å²) in [5, 5.41) is 3.48. The Labute approximate surface area is 174 Å². The number of sulfonamides is 1. The molecule has 1 aliphatic rings. The van der Waals surface area contributed by atoms with E-state index in [-0.39, 0.29) is 10.8 Å². The van der Waals surface area contributed by atoms with Gasteiger partial charge in [0, 0.05) is 25.0 Å². The largest absolute Gasteiger partial charge is 0.325 e. The number of benzene rings is 1. The molecule has 1 N–H and O–H groups in total. The lowest BCUT2D eigenvalue weighted by atomic mass is 10.2. The molecule has 1 aliphatic heterocycles. The van der Waals surface area contributed by atoms with Crippen molar-refractivity contribution in [3.63, 3.8) is 0 Å². The highest BCUT2D eigenvalue weighted by Crippen LogP contribution is 2.28. The lowest BCUT2D eigenvalue weighted by Crippen LogP contribution is -2.35. The molecule has 1 aromatic carbocycles. The third-order valence-corrected chi connectivity index (χ3v) is 7.90. The van der Waals surface area contributed by atoms with E-state index in [0.29, 0.717) is 28.8 Å². The summed E-state index contributed by atoms with van der Waals surface area (Å²) in [6.07, 6.45) is 4.48. The van der Waals surface area contributed by atoms with Gasteiger partial charge in [0.15, 0.2) is 0 Å². The van der Waals surface area contributed by atoms with Crippen LogP contribution in [0.3, 0.4) is 0 Å². The van der Waals surface area contributed by atoms with E-state index in [1.54, 1.807) is 37.4 Å². The number of hydrogen-bond donors (Lipinski definition) is 1. The van der Waals surface area contributed by atoms with Crippen LogP contribution in [0.1, 0.15) is 26.2 Å². The van der Waals surface area contributed by atoms with Gasteiger partial charge in [-0.25, -0.2) is 13.4 Å². The Morgan fingerprint density at radius 2 is 1.86 bits per heavy atom. The predicted molar refractivity (Wildman–Crippen MR) is 112 cm³/mol. The van der Waals surface area contributed by atoms with Gasteiger partial charge in [-0.1, -0.05) is 29.8 Å². The van der Waals surface area contributed by atoms with Gasteiger partial charge >= 0.3 is 0 Å². The summed E-state index contributed by atoms with van der Waals surface area (Å²) in [7, 11) is -3.48. The normalized spacial score (nSPS) is 16.5. The van der Waals surface area contributed by atoms with Crippen LogP contribution in [0.2, 0.25) is 5.02 Å². The Bertz CT molecular complexity index is 930. The van der Waals surface area contributed by atoms with E-state index in [4.69, 9.17) is 11.6 Å². The van der Waals surface area contributed by atoms with Gasteiger partial charge < -0.3 is 5.32 Å². The maximum atomic E-state index is 12.7. The third kappa shape index (κ3) is 5.05. The van der Waals surface area contributed by atoms with Crippen molar-refractivity contribution in [3.8, 4) is 0 Å². The topological polar surface area (TPSA) is 79.4 Å². The highest BCUT2D eigenvalue weighted by atomic mass is 35.5. The van der Waals surface area contributed by atoms with Crippen molar-refractivity contribution in [1.29, 1.82) is 0 Å². The first-order chi connectivity index (χ1) is 13.4. The second kappa shape index (κ2) is 9.26. The SMILES string of the molecule is CC(Sc1ncccc1Cl)C(=O)Nc1ccc(S(=O)(=O)N2CCCCC2)cc1. The summed E-state index contributed by atoms with van der Waals surface area (Å²) in [5.74, 6) is -0.210. The maximum Gasteiger partial charge on any atom is 0.243 e. The quantitative estimate of drug-likeness (QED) is 0.687. The molecule has 1 amide bonds. The number of thioether (sulfide) groups is 1. The Morgan fingerprint density at radius 1 is 1.18 bits per heavy atom. The number of piperidine rings is 1. The molecule has 9 heteroatoms. The first-order valence-corrected chi connectivity index (χ1v) is 11.8. The smallest absolute Gasteiger partial charge is 0.243 e. The molecule has 1 aromatic heterocycles. The van der Waals surface area contributed by atoms with Crippen molar-refractivity contribution in [1.82, 2.24) is 9.29 Å². The minimum absolute atomic E-state index is 0.210. The minimum Gasteiger partial charge on any atom is -0.325 e. The van der Waals surface area contributed by atoms with Gasteiger partial charge in [0.1, 0.15) is 5.03 Å². The maximum absolute atomic E-state index is 12.7. The molecule has 0 spiro atoms. The number of nitrogens with one attached hydrogen (secondary N) is 1. The van der Waals surface area contributed by atoms with Crippen LogP contribution in [0.15, 0.2) is 52.5 Å². The molecule has 150 valence electrons. The molecular weight excluding hydrogens is 418 g/mol. The molecular formula is C19H22ClN3O3S2. The van der Waals surface area contributed by atoms with Crippen molar-refractivity contribution in [2.45, 2.75) is 41.4 Å². The summed E-state index contributed by atoms with van der Waals surface area (Å²) in [6.45, 7) is 2.89. The third-order valence-electron chi connectivity index (χ3n) is 4.46. The number of pyridine rings is 1. The summed E-state index contributed by atoms with van der Waals surface area (Å²) < 4.78 is 26.9. The fraction of sp³-hybridized carbons (Fsp3) is 0.368. The zero-order chi connectivity index (χ0) is 20.1. The monoisotopic (exact) mass is 439 g/mol. The molecule has 1 saturated heterocycles. The standard InChI is InChI=1S/C19H22ClN3O3S2/c1-14(27-19-17(20)6-5-11-21-19)18(24)22-15-7-9-16(10-8-15)28(25,26)23-12-3-2-4-13-23/h5-11,14H,2-4,12-13H2,1H3,(H,22,24). The van der Waals surface area contributed by atoms with Crippen LogP contribution in [-0.2, 0) is 14.8 Å². The van der Waals surface area contributed by atoms with E-state index < -0.39 is 15.3 Å². The number of rotatable bonds is 6. The molecule has 2 heterocycles. The molecule has 1 fully saturated rings. The van der Waals surface area contributed by atoms with E-state index in [1.165, 1.54) is 28.2 Å². The minimum atomic E-state index is -3.48. The second-order valence-corrected chi connectivity index (χ2v) is 10.2. The zero-order valence-corrected chi connectivity index (χ0v) is 17.9. The van der Waals surface area contributed by atoms with Crippen molar-refractivity contribution in [2.75, 3.05) is 18.4 Å². The average molecular weight is 440 g/mol.